The molecule has 1 aliphatic carbocycles. The molecule has 1 fully saturated rings. The number of rotatable bonds is 8. The molecule has 0 radical (unpaired) electrons. The van der Waals surface area contributed by atoms with Gasteiger partial charge < -0.3 is 19.3 Å². The second-order valence-corrected chi connectivity index (χ2v) is 7.20. The lowest BCUT2D eigenvalue weighted by atomic mass is 10.0. The number of cyclic esters (lactones) is 1. The van der Waals surface area contributed by atoms with Crippen molar-refractivity contribution in [1.29, 1.82) is 0 Å². The van der Waals surface area contributed by atoms with E-state index in [9.17, 15) is 19.5 Å². The SMILES string of the molecule is COc1ccc(/C=C\C(=O)OC(C)C(=O)C2CC2C(O)C2CC=CC(=O)O2)cc1. The smallest absolute Gasteiger partial charge is 0.331 e. The van der Waals surface area contributed by atoms with Crippen LogP contribution in [0.15, 0.2) is 42.5 Å². The zero-order chi connectivity index (χ0) is 21.0. The summed E-state index contributed by atoms with van der Waals surface area (Å²) in [5, 5.41) is 10.4. The molecule has 0 amide bonds. The first-order valence-electron chi connectivity index (χ1n) is 9.50. The fourth-order valence-electron chi connectivity index (χ4n) is 3.39. The topological polar surface area (TPSA) is 99.1 Å². The van der Waals surface area contributed by atoms with Crippen molar-refractivity contribution in [2.45, 2.75) is 38.1 Å². The minimum Gasteiger partial charge on any atom is -0.497 e. The summed E-state index contributed by atoms with van der Waals surface area (Å²) in [7, 11) is 1.57. The van der Waals surface area contributed by atoms with Gasteiger partial charge in [-0.05, 0) is 43.0 Å². The first kappa shape index (κ1) is 20.8. The van der Waals surface area contributed by atoms with Crippen LogP contribution in [0.4, 0.5) is 0 Å². The van der Waals surface area contributed by atoms with Gasteiger partial charge in [-0.2, -0.15) is 0 Å². The first-order chi connectivity index (χ1) is 13.9. The predicted octanol–water partition coefficient (Wildman–Crippen LogP) is 2.08. The molecule has 3 rings (SSSR count). The third-order valence-corrected chi connectivity index (χ3v) is 5.14. The number of carbonyl (C=O) groups is 3. The van der Waals surface area contributed by atoms with Crippen molar-refractivity contribution >= 4 is 23.8 Å². The lowest BCUT2D eigenvalue weighted by Gasteiger charge is -2.24. The molecule has 154 valence electrons. The van der Waals surface area contributed by atoms with Gasteiger partial charge in [0.1, 0.15) is 11.9 Å². The Morgan fingerprint density at radius 1 is 1.28 bits per heavy atom. The van der Waals surface area contributed by atoms with Crippen molar-refractivity contribution in [3.8, 4) is 5.75 Å². The highest BCUT2D eigenvalue weighted by Crippen LogP contribution is 2.44. The van der Waals surface area contributed by atoms with E-state index in [2.05, 4.69) is 0 Å². The molecule has 1 aliphatic heterocycles. The molecule has 1 aromatic carbocycles. The highest BCUT2D eigenvalue weighted by molar-refractivity contribution is 5.93. The molecule has 1 N–H and O–H groups in total. The standard InChI is InChI=1S/C22H24O7/c1-13(28-20(24)11-8-14-6-9-15(27-2)10-7-14)21(25)16-12-17(16)22(26)18-4-3-5-19(23)29-18/h3,5-11,13,16-18,22,26H,4,12H2,1-2H3/b11-8-. The van der Waals surface area contributed by atoms with Gasteiger partial charge in [-0.25, -0.2) is 9.59 Å². The number of esters is 2. The molecule has 1 saturated carbocycles. The van der Waals surface area contributed by atoms with Crippen LogP contribution in [0, 0.1) is 11.8 Å². The molecule has 1 aromatic rings. The van der Waals surface area contributed by atoms with Crippen molar-refractivity contribution in [2.75, 3.05) is 7.11 Å². The highest BCUT2D eigenvalue weighted by atomic mass is 16.6. The summed E-state index contributed by atoms with van der Waals surface area (Å²) in [4.78, 5) is 35.8. The van der Waals surface area contributed by atoms with Crippen LogP contribution in [0.1, 0.15) is 25.3 Å². The van der Waals surface area contributed by atoms with Gasteiger partial charge in [0.05, 0.1) is 13.2 Å². The fourth-order valence-corrected chi connectivity index (χ4v) is 3.39. The molecule has 0 spiro atoms. The van der Waals surface area contributed by atoms with Gasteiger partial charge in [0.15, 0.2) is 11.9 Å². The van der Waals surface area contributed by atoms with Crippen molar-refractivity contribution in [3.63, 3.8) is 0 Å². The van der Waals surface area contributed by atoms with Crippen LogP contribution in [0.3, 0.4) is 0 Å². The van der Waals surface area contributed by atoms with Crippen LogP contribution >= 0.6 is 0 Å². The van der Waals surface area contributed by atoms with E-state index in [-0.39, 0.29) is 11.7 Å². The van der Waals surface area contributed by atoms with E-state index < -0.39 is 36.2 Å². The van der Waals surface area contributed by atoms with Crippen LogP contribution in [0.5, 0.6) is 5.75 Å². The van der Waals surface area contributed by atoms with Crippen molar-refractivity contribution < 1.29 is 33.7 Å². The quantitative estimate of drug-likeness (QED) is 0.527. The molecule has 0 saturated heterocycles. The second-order valence-electron chi connectivity index (χ2n) is 7.20. The Balaban J connectivity index is 1.47. The monoisotopic (exact) mass is 400 g/mol. The molecular formula is C22H24O7. The summed E-state index contributed by atoms with van der Waals surface area (Å²) >= 11 is 0. The molecule has 29 heavy (non-hydrogen) atoms. The Kier molecular flexibility index (Phi) is 6.49. The van der Waals surface area contributed by atoms with Crippen molar-refractivity contribution in [1.82, 2.24) is 0 Å². The summed E-state index contributed by atoms with van der Waals surface area (Å²) in [6, 6.07) is 7.13. The van der Waals surface area contributed by atoms with Gasteiger partial charge in [0.25, 0.3) is 0 Å². The van der Waals surface area contributed by atoms with Crippen LogP contribution in [-0.2, 0) is 23.9 Å². The minimum atomic E-state index is -0.918. The van der Waals surface area contributed by atoms with Crippen LogP contribution in [-0.4, -0.2) is 48.3 Å². The average molecular weight is 400 g/mol. The molecule has 5 atom stereocenters. The Labute approximate surface area is 168 Å². The van der Waals surface area contributed by atoms with E-state index in [0.29, 0.717) is 18.6 Å². The summed E-state index contributed by atoms with van der Waals surface area (Å²) in [6.45, 7) is 1.52. The zero-order valence-corrected chi connectivity index (χ0v) is 16.3. The number of aliphatic hydroxyl groups excluding tert-OH is 1. The van der Waals surface area contributed by atoms with E-state index in [4.69, 9.17) is 14.2 Å². The molecule has 2 aliphatic rings. The lowest BCUT2D eigenvalue weighted by Crippen LogP contribution is -2.35. The van der Waals surface area contributed by atoms with E-state index in [1.54, 1.807) is 43.5 Å². The van der Waals surface area contributed by atoms with Crippen LogP contribution < -0.4 is 4.74 Å². The number of ketones is 1. The average Bonchev–Trinajstić information content (AvgIpc) is 3.52. The number of methoxy groups -OCH3 is 1. The normalized spacial score (nSPS) is 25.2. The number of Topliss-reactive ketones (excluding diaryl/α,β-unsaturated/α-hetero) is 1. The summed E-state index contributed by atoms with van der Waals surface area (Å²) < 4.78 is 15.4. The van der Waals surface area contributed by atoms with Gasteiger partial charge in [-0.3, -0.25) is 4.79 Å². The van der Waals surface area contributed by atoms with Gasteiger partial charge in [-0.1, -0.05) is 18.2 Å². The largest absolute Gasteiger partial charge is 0.497 e. The third-order valence-electron chi connectivity index (χ3n) is 5.14. The van der Waals surface area contributed by atoms with Gasteiger partial charge in [0, 0.05) is 24.5 Å². The highest BCUT2D eigenvalue weighted by Gasteiger charge is 2.51. The summed E-state index contributed by atoms with van der Waals surface area (Å²) in [5.41, 5.74) is 0.795. The predicted molar refractivity (Wildman–Crippen MR) is 104 cm³/mol. The summed E-state index contributed by atoms with van der Waals surface area (Å²) in [6.07, 6.45) is 4.27. The van der Waals surface area contributed by atoms with Gasteiger partial charge in [0.2, 0.25) is 0 Å². The maximum atomic E-state index is 12.5. The van der Waals surface area contributed by atoms with E-state index in [1.165, 1.54) is 19.1 Å². The van der Waals surface area contributed by atoms with Crippen molar-refractivity contribution in [2.24, 2.45) is 11.8 Å². The molecule has 0 aromatic heterocycles. The number of ether oxygens (including phenoxy) is 3. The molecule has 7 nitrogen and oxygen atoms in total. The summed E-state index contributed by atoms with van der Waals surface area (Å²) in [5.74, 6) is -1.33. The van der Waals surface area contributed by atoms with E-state index in [1.807, 2.05) is 0 Å². The number of hydrogen-bond acceptors (Lipinski definition) is 7. The minimum absolute atomic E-state index is 0.238. The van der Waals surface area contributed by atoms with Crippen molar-refractivity contribution in [3.05, 3.63) is 48.1 Å². The third kappa shape index (κ3) is 5.32. The Morgan fingerprint density at radius 2 is 2.00 bits per heavy atom. The second kappa shape index (κ2) is 9.05. The van der Waals surface area contributed by atoms with Gasteiger partial charge >= 0.3 is 11.9 Å². The maximum Gasteiger partial charge on any atom is 0.331 e. The zero-order valence-electron chi connectivity index (χ0n) is 16.3. The maximum absolute atomic E-state index is 12.5. The van der Waals surface area contributed by atoms with Crippen LogP contribution in [0.2, 0.25) is 0 Å². The van der Waals surface area contributed by atoms with E-state index >= 15 is 0 Å². The molecule has 7 heteroatoms. The number of carbonyl (C=O) groups excluding carboxylic acids is 3. The Bertz CT molecular complexity index is 824. The Morgan fingerprint density at radius 3 is 2.66 bits per heavy atom. The number of hydrogen-bond donors (Lipinski definition) is 1. The lowest BCUT2D eigenvalue weighted by molar-refractivity contribution is -0.152. The van der Waals surface area contributed by atoms with Crippen LogP contribution in [0.25, 0.3) is 6.08 Å². The molecule has 5 unspecified atom stereocenters. The fraction of sp³-hybridized carbons (Fsp3) is 0.409. The number of aliphatic hydroxyl groups is 1. The molecule has 0 bridgehead atoms. The van der Waals surface area contributed by atoms with Gasteiger partial charge in [-0.15, -0.1) is 0 Å². The molecule has 1 heterocycles. The van der Waals surface area contributed by atoms with E-state index in [0.717, 1.165) is 5.56 Å². The Hall–Kier alpha value is -2.93. The molecular weight excluding hydrogens is 376 g/mol. The number of benzene rings is 1. The first-order valence-corrected chi connectivity index (χ1v) is 9.50.